The quantitative estimate of drug-likeness (QED) is 0.766. The van der Waals surface area contributed by atoms with E-state index >= 15 is 0 Å². The van der Waals surface area contributed by atoms with Gasteiger partial charge in [0.15, 0.2) is 0 Å². The van der Waals surface area contributed by atoms with Crippen LogP contribution in [0.5, 0.6) is 0 Å². The summed E-state index contributed by atoms with van der Waals surface area (Å²) in [5.74, 6) is 0. The highest BCUT2D eigenvalue weighted by molar-refractivity contribution is 5.75. The van der Waals surface area contributed by atoms with Gasteiger partial charge in [-0.25, -0.2) is 4.98 Å². The van der Waals surface area contributed by atoms with Crippen molar-refractivity contribution in [1.29, 1.82) is 0 Å². The Morgan fingerprint density at radius 3 is 3.06 bits per heavy atom. The third-order valence-corrected chi connectivity index (χ3v) is 2.82. The molecule has 1 N–H and O–H groups in total. The normalized spacial score (nSPS) is 11.2. The number of hydrogen-bond acceptors (Lipinski definition) is 3. The van der Waals surface area contributed by atoms with E-state index < -0.39 is 0 Å². The molecular weight excluding hydrogens is 214 g/mol. The largest absolute Gasteiger partial charge is 0.380 e. The summed E-state index contributed by atoms with van der Waals surface area (Å²) >= 11 is 0. The van der Waals surface area contributed by atoms with Crippen LogP contribution in [0.2, 0.25) is 0 Å². The lowest BCUT2D eigenvalue weighted by molar-refractivity contribution is 0.140. The molecule has 1 heterocycles. The van der Waals surface area contributed by atoms with E-state index in [0.29, 0.717) is 0 Å². The molecule has 0 atom stereocenters. The average Bonchev–Trinajstić information content (AvgIpc) is 2.71. The lowest BCUT2D eigenvalue weighted by Gasteiger charge is -2.04. The third kappa shape index (κ3) is 3.05. The van der Waals surface area contributed by atoms with Crippen molar-refractivity contribution in [3.63, 3.8) is 0 Å². The summed E-state index contributed by atoms with van der Waals surface area (Å²) in [6.45, 7) is 2.43. The van der Waals surface area contributed by atoms with E-state index in [1.54, 1.807) is 0 Å². The summed E-state index contributed by atoms with van der Waals surface area (Å²) in [6.07, 6.45) is 2.79. The van der Waals surface area contributed by atoms with Crippen LogP contribution in [0.3, 0.4) is 0 Å². The number of benzene rings is 1. The van der Waals surface area contributed by atoms with Crippen LogP contribution in [0.15, 0.2) is 24.5 Å². The first kappa shape index (κ1) is 12.1. The topological polar surface area (TPSA) is 39.1 Å². The maximum Gasteiger partial charge on any atom is 0.0955 e. The number of aromatic nitrogens is 2. The van der Waals surface area contributed by atoms with Gasteiger partial charge in [0.1, 0.15) is 0 Å². The van der Waals surface area contributed by atoms with Crippen molar-refractivity contribution in [3.05, 3.63) is 30.1 Å². The minimum absolute atomic E-state index is 0.764. The van der Waals surface area contributed by atoms with Crippen LogP contribution in [0.25, 0.3) is 11.0 Å². The van der Waals surface area contributed by atoms with Crippen LogP contribution in [0.1, 0.15) is 5.56 Å². The fraction of sp³-hybridized carbons (Fsp3) is 0.462. The summed E-state index contributed by atoms with van der Waals surface area (Å²) in [7, 11) is 3.94. The molecule has 0 amide bonds. The standard InChI is InChI=1S/C13H19N3O/c1-14-6-8-17-7-5-11-3-4-13-12(9-11)15-10-16(13)2/h3-4,9-10,14H,5-8H2,1-2H3. The predicted octanol–water partition coefficient (Wildman–Crippen LogP) is 1.35. The van der Waals surface area contributed by atoms with Crippen LogP contribution in [0, 0.1) is 0 Å². The number of likely N-dealkylation sites (N-methyl/N-ethyl adjacent to an activating group) is 1. The number of ether oxygens (including phenoxy) is 1. The Bertz CT molecular complexity index is 478. The second kappa shape index (κ2) is 5.80. The summed E-state index contributed by atoms with van der Waals surface area (Å²) in [6, 6.07) is 6.40. The van der Waals surface area contributed by atoms with Crippen molar-refractivity contribution in [3.8, 4) is 0 Å². The van der Waals surface area contributed by atoms with Gasteiger partial charge in [-0.15, -0.1) is 0 Å². The lowest BCUT2D eigenvalue weighted by Crippen LogP contribution is -2.15. The van der Waals surface area contributed by atoms with Gasteiger partial charge in [0.05, 0.1) is 30.6 Å². The predicted molar refractivity (Wildman–Crippen MR) is 69.2 cm³/mol. The highest BCUT2D eigenvalue weighted by Crippen LogP contribution is 2.14. The zero-order valence-electron chi connectivity index (χ0n) is 10.4. The van der Waals surface area contributed by atoms with Crippen molar-refractivity contribution in [2.45, 2.75) is 6.42 Å². The highest BCUT2D eigenvalue weighted by atomic mass is 16.5. The van der Waals surface area contributed by atoms with Gasteiger partial charge in [0.2, 0.25) is 0 Å². The number of aryl methyl sites for hydroxylation is 1. The Hall–Kier alpha value is -1.39. The van der Waals surface area contributed by atoms with E-state index in [9.17, 15) is 0 Å². The lowest BCUT2D eigenvalue weighted by atomic mass is 10.1. The summed E-state index contributed by atoms with van der Waals surface area (Å²) < 4.78 is 7.54. The first-order valence-electron chi connectivity index (χ1n) is 5.93. The molecule has 0 bridgehead atoms. The monoisotopic (exact) mass is 233 g/mol. The SMILES string of the molecule is CNCCOCCc1ccc2c(c1)ncn2C. The number of nitrogens with zero attached hydrogens (tertiary/aromatic N) is 2. The van der Waals surface area contributed by atoms with Gasteiger partial charge < -0.3 is 14.6 Å². The second-order valence-corrected chi connectivity index (χ2v) is 4.14. The van der Waals surface area contributed by atoms with Crippen LogP contribution >= 0.6 is 0 Å². The van der Waals surface area contributed by atoms with Crippen molar-refractivity contribution >= 4 is 11.0 Å². The zero-order chi connectivity index (χ0) is 12.1. The van der Waals surface area contributed by atoms with Crippen molar-refractivity contribution in [2.24, 2.45) is 7.05 Å². The van der Waals surface area contributed by atoms with Gasteiger partial charge >= 0.3 is 0 Å². The van der Waals surface area contributed by atoms with Crippen LogP contribution < -0.4 is 5.32 Å². The maximum atomic E-state index is 5.51. The second-order valence-electron chi connectivity index (χ2n) is 4.14. The van der Waals surface area contributed by atoms with E-state index in [1.165, 1.54) is 11.1 Å². The summed E-state index contributed by atoms with van der Waals surface area (Å²) in [5.41, 5.74) is 3.51. The smallest absolute Gasteiger partial charge is 0.0955 e. The van der Waals surface area contributed by atoms with Crippen LogP contribution in [0.4, 0.5) is 0 Å². The Kier molecular flexibility index (Phi) is 4.12. The van der Waals surface area contributed by atoms with Gasteiger partial charge in [0, 0.05) is 13.6 Å². The van der Waals surface area contributed by atoms with Crippen LogP contribution in [-0.4, -0.2) is 36.4 Å². The molecule has 0 aliphatic carbocycles. The van der Waals surface area contributed by atoms with Crippen molar-refractivity contribution in [1.82, 2.24) is 14.9 Å². The van der Waals surface area contributed by atoms with Gasteiger partial charge in [-0.3, -0.25) is 0 Å². The first-order chi connectivity index (χ1) is 8.31. The molecule has 4 nitrogen and oxygen atoms in total. The molecule has 17 heavy (non-hydrogen) atoms. The third-order valence-electron chi connectivity index (χ3n) is 2.82. The molecule has 0 saturated carbocycles. The Labute approximate surface area is 102 Å². The molecule has 0 aliphatic heterocycles. The van der Waals surface area contributed by atoms with Gasteiger partial charge in [-0.1, -0.05) is 6.07 Å². The van der Waals surface area contributed by atoms with Gasteiger partial charge in [-0.2, -0.15) is 0 Å². The zero-order valence-corrected chi connectivity index (χ0v) is 10.4. The minimum atomic E-state index is 0.764. The number of rotatable bonds is 6. The maximum absolute atomic E-state index is 5.51. The molecule has 92 valence electrons. The molecule has 4 heteroatoms. The highest BCUT2D eigenvalue weighted by Gasteiger charge is 2.01. The molecule has 1 aromatic heterocycles. The fourth-order valence-electron chi connectivity index (χ4n) is 1.80. The van der Waals surface area contributed by atoms with E-state index in [2.05, 4.69) is 28.5 Å². The molecule has 0 fully saturated rings. The van der Waals surface area contributed by atoms with E-state index in [-0.39, 0.29) is 0 Å². The molecule has 0 aliphatic rings. The number of nitrogens with one attached hydrogen (secondary N) is 1. The minimum Gasteiger partial charge on any atom is -0.380 e. The average molecular weight is 233 g/mol. The first-order valence-corrected chi connectivity index (χ1v) is 5.93. The summed E-state index contributed by atoms with van der Waals surface area (Å²) in [5, 5.41) is 3.06. The Morgan fingerprint density at radius 1 is 1.35 bits per heavy atom. The Balaban J connectivity index is 1.91. The molecule has 0 radical (unpaired) electrons. The fourth-order valence-corrected chi connectivity index (χ4v) is 1.80. The van der Waals surface area contributed by atoms with Gasteiger partial charge in [-0.05, 0) is 31.2 Å². The molecule has 2 aromatic rings. The van der Waals surface area contributed by atoms with E-state index in [4.69, 9.17) is 4.74 Å². The van der Waals surface area contributed by atoms with Crippen molar-refractivity contribution in [2.75, 3.05) is 26.8 Å². The number of fused-ring (bicyclic) bond motifs is 1. The molecule has 0 spiro atoms. The number of imidazole rings is 1. The molecule has 2 rings (SSSR count). The van der Waals surface area contributed by atoms with Crippen molar-refractivity contribution < 1.29 is 4.74 Å². The molecule has 0 saturated heterocycles. The number of hydrogen-bond donors (Lipinski definition) is 1. The molecular formula is C13H19N3O. The van der Waals surface area contributed by atoms with Crippen LogP contribution in [-0.2, 0) is 18.2 Å². The molecule has 1 aromatic carbocycles. The van der Waals surface area contributed by atoms with Gasteiger partial charge in [0.25, 0.3) is 0 Å². The van der Waals surface area contributed by atoms with E-state index in [1.807, 2.05) is 25.0 Å². The summed E-state index contributed by atoms with van der Waals surface area (Å²) in [4.78, 5) is 4.35. The Morgan fingerprint density at radius 2 is 2.24 bits per heavy atom. The van der Waals surface area contributed by atoms with E-state index in [0.717, 1.165) is 31.7 Å². The molecule has 0 unspecified atom stereocenters.